The van der Waals surface area contributed by atoms with Gasteiger partial charge in [-0.2, -0.15) is 0 Å². The molecule has 0 amide bonds. The predicted molar refractivity (Wildman–Crippen MR) is 84.3 cm³/mol. The molecule has 1 atom stereocenters. The summed E-state index contributed by atoms with van der Waals surface area (Å²) in [6.45, 7) is 6.12. The number of piperazine rings is 1. The number of pyridine rings is 1. The minimum Gasteiger partial charge on any atom is -0.353 e. The van der Waals surface area contributed by atoms with E-state index in [1.807, 2.05) is 0 Å². The quantitative estimate of drug-likeness (QED) is 0.845. The van der Waals surface area contributed by atoms with Gasteiger partial charge in [0.2, 0.25) is 0 Å². The first kappa shape index (κ1) is 16.2. The molecule has 1 fully saturated rings. The summed E-state index contributed by atoms with van der Waals surface area (Å²) in [5.41, 5.74) is 5.79. The molecule has 0 aliphatic carbocycles. The van der Waals surface area contributed by atoms with Crippen LogP contribution < -0.4 is 10.6 Å². The van der Waals surface area contributed by atoms with Crippen molar-refractivity contribution in [1.29, 1.82) is 0 Å². The van der Waals surface area contributed by atoms with Crippen LogP contribution in [-0.4, -0.2) is 63.3 Å². The summed E-state index contributed by atoms with van der Waals surface area (Å²) < 4.78 is 23.7. The minimum absolute atomic E-state index is 0.310. The standard InChI is InChI=1S/C14H24N4O2S/c1-3-12(11-15)17-7-9-18(10-8-17)14-13(21(2,19)20)5-4-6-16-14/h4-6,12H,3,7-11,15H2,1-2H3. The Balaban J connectivity index is 2.13. The Hall–Kier alpha value is -1.18. The van der Waals surface area contributed by atoms with Gasteiger partial charge in [0.1, 0.15) is 10.7 Å². The maximum absolute atomic E-state index is 11.9. The van der Waals surface area contributed by atoms with Gasteiger partial charge in [-0.1, -0.05) is 6.92 Å². The molecule has 118 valence electrons. The SMILES string of the molecule is CCC(CN)N1CCN(c2ncccc2S(C)(=O)=O)CC1. The normalized spacial score (nSPS) is 18.7. The molecule has 0 saturated carbocycles. The third kappa shape index (κ3) is 3.72. The zero-order valence-corrected chi connectivity index (χ0v) is 13.5. The van der Waals surface area contributed by atoms with Gasteiger partial charge in [-0.25, -0.2) is 13.4 Å². The molecule has 1 aromatic heterocycles. The van der Waals surface area contributed by atoms with Gasteiger partial charge in [-0.15, -0.1) is 0 Å². The zero-order valence-electron chi connectivity index (χ0n) is 12.7. The summed E-state index contributed by atoms with van der Waals surface area (Å²) in [7, 11) is -3.26. The van der Waals surface area contributed by atoms with Crippen LogP contribution in [0.1, 0.15) is 13.3 Å². The van der Waals surface area contributed by atoms with Crippen LogP contribution in [0.2, 0.25) is 0 Å². The van der Waals surface area contributed by atoms with Crippen molar-refractivity contribution in [2.75, 3.05) is 43.9 Å². The van der Waals surface area contributed by atoms with Crippen molar-refractivity contribution in [3.8, 4) is 0 Å². The van der Waals surface area contributed by atoms with Crippen LogP contribution >= 0.6 is 0 Å². The molecule has 2 N–H and O–H groups in total. The highest BCUT2D eigenvalue weighted by atomic mass is 32.2. The Morgan fingerprint density at radius 3 is 2.52 bits per heavy atom. The summed E-state index contributed by atoms with van der Waals surface area (Å²) >= 11 is 0. The van der Waals surface area contributed by atoms with E-state index in [2.05, 4.69) is 21.7 Å². The second-order valence-corrected chi connectivity index (χ2v) is 7.40. The largest absolute Gasteiger partial charge is 0.353 e. The molecule has 1 aliphatic rings. The van der Waals surface area contributed by atoms with Crippen molar-refractivity contribution in [3.05, 3.63) is 18.3 Å². The highest BCUT2D eigenvalue weighted by Crippen LogP contribution is 2.23. The van der Waals surface area contributed by atoms with Crippen molar-refractivity contribution in [3.63, 3.8) is 0 Å². The molecule has 6 nitrogen and oxygen atoms in total. The molecule has 0 bridgehead atoms. The maximum Gasteiger partial charge on any atom is 0.179 e. The van der Waals surface area contributed by atoms with E-state index in [1.165, 1.54) is 6.26 Å². The van der Waals surface area contributed by atoms with E-state index in [1.54, 1.807) is 18.3 Å². The van der Waals surface area contributed by atoms with E-state index in [9.17, 15) is 8.42 Å². The van der Waals surface area contributed by atoms with E-state index in [0.29, 0.717) is 23.3 Å². The van der Waals surface area contributed by atoms with E-state index >= 15 is 0 Å². The number of nitrogens with zero attached hydrogens (tertiary/aromatic N) is 3. The van der Waals surface area contributed by atoms with Crippen LogP contribution in [0.15, 0.2) is 23.2 Å². The molecule has 0 spiro atoms. The smallest absolute Gasteiger partial charge is 0.179 e. The zero-order chi connectivity index (χ0) is 15.5. The fraction of sp³-hybridized carbons (Fsp3) is 0.643. The van der Waals surface area contributed by atoms with Gasteiger partial charge in [0.25, 0.3) is 0 Å². The van der Waals surface area contributed by atoms with Gasteiger partial charge in [0.05, 0.1) is 0 Å². The van der Waals surface area contributed by atoms with Crippen molar-refractivity contribution in [2.45, 2.75) is 24.3 Å². The molecule has 0 aromatic carbocycles. The van der Waals surface area contributed by atoms with Gasteiger partial charge < -0.3 is 10.6 Å². The highest BCUT2D eigenvalue weighted by molar-refractivity contribution is 7.90. The third-order valence-corrected chi connectivity index (χ3v) is 5.14. The fourth-order valence-electron chi connectivity index (χ4n) is 2.78. The molecule has 1 aliphatic heterocycles. The Labute approximate surface area is 126 Å². The van der Waals surface area contributed by atoms with Gasteiger partial charge in [-0.3, -0.25) is 4.90 Å². The van der Waals surface area contributed by atoms with E-state index in [4.69, 9.17) is 5.73 Å². The average molecular weight is 312 g/mol. The van der Waals surface area contributed by atoms with Crippen LogP contribution in [-0.2, 0) is 9.84 Å². The molecule has 0 radical (unpaired) electrons. The first-order valence-corrected chi connectivity index (χ1v) is 9.20. The molecule has 7 heteroatoms. The molecule has 2 rings (SSSR count). The van der Waals surface area contributed by atoms with Crippen molar-refractivity contribution in [1.82, 2.24) is 9.88 Å². The van der Waals surface area contributed by atoms with Crippen LogP contribution in [0.25, 0.3) is 0 Å². The Morgan fingerprint density at radius 2 is 2.00 bits per heavy atom. The Morgan fingerprint density at radius 1 is 1.33 bits per heavy atom. The lowest BCUT2D eigenvalue weighted by atomic mass is 10.1. The molecular formula is C14H24N4O2S. The molecule has 1 saturated heterocycles. The second-order valence-electron chi connectivity index (χ2n) is 5.42. The van der Waals surface area contributed by atoms with E-state index in [0.717, 1.165) is 32.6 Å². The summed E-state index contributed by atoms with van der Waals surface area (Å²) in [5, 5.41) is 0. The van der Waals surface area contributed by atoms with Crippen LogP contribution in [0.3, 0.4) is 0 Å². The number of hydrogen-bond acceptors (Lipinski definition) is 6. The highest BCUT2D eigenvalue weighted by Gasteiger charge is 2.25. The van der Waals surface area contributed by atoms with Crippen LogP contribution in [0.4, 0.5) is 5.82 Å². The van der Waals surface area contributed by atoms with Gasteiger partial charge >= 0.3 is 0 Å². The number of sulfone groups is 1. The van der Waals surface area contributed by atoms with Crippen molar-refractivity contribution in [2.24, 2.45) is 5.73 Å². The first-order chi connectivity index (χ1) is 9.97. The van der Waals surface area contributed by atoms with Crippen LogP contribution in [0.5, 0.6) is 0 Å². The number of anilines is 1. The lowest BCUT2D eigenvalue weighted by molar-refractivity contribution is 0.184. The minimum atomic E-state index is -3.26. The number of rotatable bonds is 5. The van der Waals surface area contributed by atoms with E-state index < -0.39 is 9.84 Å². The molecule has 1 unspecified atom stereocenters. The molecule has 1 aromatic rings. The number of nitrogens with two attached hydrogens (primary N) is 1. The second kappa shape index (κ2) is 6.72. The molecular weight excluding hydrogens is 288 g/mol. The van der Waals surface area contributed by atoms with Gasteiger partial charge in [-0.05, 0) is 18.6 Å². The Kier molecular flexibility index (Phi) is 5.18. The van der Waals surface area contributed by atoms with Crippen LogP contribution in [0, 0.1) is 0 Å². The Bertz CT molecular complexity index is 564. The lowest BCUT2D eigenvalue weighted by Gasteiger charge is -2.39. The summed E-state index contributed by atoms with van der Waals surface area (Å²) in [5.74, 6) is 0.570. The maximum atomic E-state index is 11.9. The average Bonchev–Trinajstić information content (AvgIpc) is 2.48. The summed E-state index contributed by atoms with van der Waals surface area (Å²) in [6.07, 6.45) is 3.91. The first-order valence-electron chi connectivity index (χ1n) is 7.31. The fourth-order valence-corrected chi connectivity index (χ4v) is 3.62. The molecule has 2 heterocycles. The van der Waals surface area contributed by atoms with Gasteiger partial charge in [0, 0.05) is 51.2 Å². The summed E-state index contributed by atoms with van der Waals surface area (Å²) in [4.78, 5) is 9.02. The third-order valence-electron chi connectivity index (χ3n) is 4.02. The topological polar surface area (TPSA) is 79.5 Å². The van der Waals surface area contributed by atoms with Crippen molar-refractivity contribution < 1.29 is 8.42 Å². The van der Waals surface area contributed by atoms with E-state index in [-0.39, 0.29) is 0 Å². The predicted octanol–water partition coefficient (Wildman–Crippen LogP) is 0.344. The monoisotopic (exact) mass is 312 g/mol. The summed E-state index contributed by atoms with van der Waals surface area (Å²) in [6, 6.07) is 3.70. The number of aromatic nitrogens is 1. The molecule has 21 heavy (non-hydrogen) atoms. The van der Waals surface area contributed by atoms with Gasteiger partial charge in [0.15, 0.2) is 9.84 Å². The van der Waals surface area contributed by atoms with Crippen molar-refractivity contribution >= 4 is 15.7 Å². The number of hydrogen-bond donors (Lipinski definition) is 1. The lowest BCUT2D eigenvalue weighted by Crippen LogP contribution is -2.52.